The maximum atomic E-state index is 2.43. The molecule has 0 spiro atoms. The molecule has 0 fully saturated rings. The number of rotatable bonds is 21. The van der Waals surface area contributed by atoms with Gasteiger partial charge in [0, 0.05) is 0 Å². The summed E-state index contributed by atoms with van der Waals surface area (Å²) >= 11 is 0. The van der Waals surface area contributed by atoms with Gasteiger partial charge in [-0.2, -0.15) is 0 Å². The van der Waals surface area contributed by atoms with E-state index >= 15 is 0 Å². The zero-order valence-electron chi connectivity index (χ0n) is 23.6. The van der Waals surface area contributed by atoms with E-state index in [9.17, 15) is 0 Å². The van der Waals surface area contributed by atoms with Gasteiger partial charge in [0.05, 0.1) is 0 Å². The summed E-state index contributed by atoms with van der Waals surface area (Å²) in [6.45, 7) is 7.17. The minimum atomic E-state index is 0.224. The van der Waals surface area contributed by atoms with Crippen molar-refractivity contribution in [2.24, 2.45) is 0 Å². The third-order valence-electron chi connectivity index (χ3n) is 7.93. The molecule has 0 saturated carbocycles. The highest BCUT2D eigenvalue weighted by Gasteiger charge is 2.22. The Morgan fingerprint density at radius 1 is 0.486 bits per heavy atom. The van der Waals surface area contributed by atoms with Crippen molar-refractivity contribution in [2.75, 3.05) is 0 Å². The Bertz CT molecular complexity index is 742. The summed E-state index contributed by atoms with van der Waals surface area (Å²) in [6, 6.07) is 20.2. The van der Waals surface area contributed by atoms with Crippen LogP contribution in [0, 0.1) is 0 Å². The molecule has 0 aliphatic rings. The normalized spacial score (nSPS) is 11.7. The first-order valence-corrected chi connectivity index (χ1v) is 15.3. The van der Waals surface area contributed by atoms with Crippen LogP contribution in [0.2, 0.25) is 0 Å². The first kappa shape index (κ1) is 29.7. The smallest absolute Gasteiger partial charge is 0.00977 e. The van der Waals surface area contributed by atoms with Gasteiger partial charge in [-0.25, -0.2) is 0 Å². The van der Waals surface area contributed by atoms with Crippen molar-refractivity contribution in [2.45, 2.75) is 148 Å². The van der Waals surface area contributed by atoms with Crippen molar-refractivity contribution in [3.63, 3.8) is 0 Å². The molecular formula is C35H56. The summed E-state index contributed by atoms with van der Waals surface area (Å²) in [5.74, 6) is 0. The standard InChI is InChI=1S/C35H56/c1-4-5-6-7-8-9-10-11-12-13-14-15-16-17-18-22-27-33-28-23-24-29-34(33)35(2,3)31-30-32-25-20-19-21-26-32/h19-21,23-26,28-29H,4-18,22,27,30-31H2,1-3H3. The zero-order valence-corrected chi connectivity index (χ0v) is 23.6. The molecule has 0 atom stereocenters. The molecule has 0 unspecified atom stereocenters. The third kappa shape index (κ3) is 13.4. The maximum Gasteiger partial charge on any atom is -0.00977 e. The largest absolute Gasteiger partial charge is 0.0654 e. The summed E-state index contributed by atoms with van der Waals surface area (Å²) in [7, 11) is 0. The lowest BCUT2D eigenvalue weighted by atomic mass is 9.76. The van der Waals surface area contributed by atoms with Crippen LogP contribution >= 0.6 is 0 Å². The molecule has 0 radical (unpaired) electrons. The van der Waals surface area contributed by atoms with E-state index in [0.717, 1.165) is 6.42 Å². The van der Waals surface area contributed by atoms with Crippen molar-refractivity contribution in [3.8, 4) is 0 Å². The number of hydrogen-bond acceptors (Lipinski definition) is 0. The van der Waals surface area contributed by atoms with Crippen molar-refractivity contribution in [1.29, 1.82) is 0 Å². The Kier molecular flexibility index (Phi) is 15.8. The third-order valence-corrected chi connectivity index (χ3v) is 7.93. The molecule has 2 aromatic carbocycles. The molecule has 0 heteroatoms. The summed E-state index contributed by atoms with van der Waals surface area (Å²) in [5, 5.41) is 0. The van der Waals surface area contributed by atoms with E-state index in [2.05, 4.69) is 75.4 Å². The van der Waals surface area contributed by atoms with Gasteiger partial charge >= 0.3 is 0 Å². The Morgan fingerprint density at radius 3 is 1.49 bits per heavy atom. The highest BCUT2D eigenvalue weighted by molar-refractivity contribution is 5.34. The molecule has 0 bridgehead atoms. The fourth-order valence-corrected chi connectivity index (χ4v) is 5.50. The second-order valence-electron chi connectivity index (χ2n) is 11.6. The molecule has 2 rings (SSSR count). The van der Waals surface area contributed by atoms with Crippen LogP contribution in [-0.2, 0) is 18.3 Å². The molecule has 0 saturated heterocycles. The molecule has 196 valence electrons. The van der Waals surface area contributed by atoms with Crippen LogP contribution in [0.25, 0.3) is 0 Å². The van der Waals surface area contributed by atoms with Gasteiger partial charge in [0.25, 0.3) is 0 Å². The van der Waals surface area contributed by atoms with E-state index < -0.39 is 0 Å². The van der Waals surface area contributed by atoms with Crippen molar-refractivity contribution in [1.82, 2.24) is 0 Å². The van der Waals surface area contributed by atoms with Crippen LogP contribution in [0.5, 0.6) is 0 Å². The predicted molar refractivity (Wildman–Crippen MR) is 157 cm³/mol. The fraction of sp³-hybridized carbons (Fsp3) is 0.657. The van der Waals surface area contributed by atoms with Gasteiger partial charge in [0.1, 0.15) is 0 Å². The Balaban J connectivity index is 1.52. The molecule has 0 aliphatic heterocycles. The Labute approximate surface area is 219 Å². The van der Waals surface area contributed by atoms with E-state index in [4.69, 9.17) is 0 Å². The average molecular weight is 477 g/mol. The van der Waals surface area contributed by atoms with Gasteiger partial charge in [-0.1, -0.05) is 172 Å². The number of aryl methyl sites for hydroxylation is 2. The molecule has 0 heterocycles. The highest BCUT2D eigenvalue weighted by atomic mass is 14.3. The van der Waals surface area contributed by atoms with Crippen LogP contribution in [0.4, 0.5) is 0 Å². The lowest BCUT2D eigenvalue weighted by Gasteiger charge is -2.28. The Morgan fingerprint density at radius 2 is 0.943 bits per heavy atom. The molecule has 35 heavy (non-hydrogen) atoms. The monoisotopic (exact) mass is 476 g/mol. The number of unbranched alkanes of at least 4 members (excludes halogenated alkanes) is 15. The summed E-state index contributed by atoms with van der Waals surface area (Å²) in [4.78, 5) is 0. The molecular weight excluding hydrogens is 420 g/mol. The lowest BCUT2D eigenvalue weighted by Crippen LogP contribution is -2.20. The molecule has 0 amide bonds. The molecule has 0 nitrogen and oxygen atoms in total. The van der Waals surface area contributed by atoms with Gasteiger partial charge in [-0.3, -0.25) is 0 Å². The summed E-state index contributed by atoms with van der Waals surface area (Å²) < 4.78 is 0. The van der Waals surface area contributed by atoms with Gasteiger partial charge in [-0.05, 0) is 47.8 Å². The van der Waals surface area contributed by atoms with Gasteiger partial charge in [-0.15, -0.1) is 0 Å². The minimum Gasteiger partial charge on any atom is -0.0654 e. The lowest BCUT2D eigenvalue weighted by molar-refractivity contribution is 0.474. The van der Waals surface area contributed by atoms with E-state index in [-0.39, 0.29) is 5.41 Å². The first-order valence-electron chi connectivity index (χ1n) is 15.3. The van der Waals surface area contributed by atoms with E-state index in [1.807, 2.05) is 0 Å². The van der Waals surface area contributed by atoms with Gasteiger partial charge in [0.2, 0.25) is 0 Å². The number of hydrogen-bond donors (Lipinski definition) is 0. The van der Waals surface area contributed by atoms with Gasteiger partial charge < -0.3 is 0 Å². The average Bonchev–Trinajstić information content (AvgIpc) is 2.88. The van der Waals surface area contributed by atoms with E-state index in [0.29, 0.717) is 0 Å². The quantitative estimate of drug-likeness (QED) is 0.157. The molecule has 0 aromatic heterocycles. The number of benzene rings is 2. The van der Waals surface area contributed by atoms with Crippen LogP contribution in [0.15, 0.2) is 54.6 Å². The minimum absolute atomic E-state index is 0.224. The van der Waals surface area contributed by atoms with Crippen LogP contribution in [-0.4, -0.2) is 0 Å². The fourth-order valence-electron chi connectivity index (χ4n) is 5.50. The van der Waals surface area contributed by atoms with Crippen molar-refractivity contribution in [3.05, 3.63) is 71.3 Å². The van der Waals surface area contributed by atoms with E-state index in [1.54, 1.807) is 11.1 Å². The van der Waals surface area contributed by atoms with Crippen LogP contribution in [0.3, 0.4) is 0 Å². The maximum absolute atomic E-state index is 2.43. The molecule has 0 aliphatic carbocycles. The summed E-state index contributed by atoms with van der Waals surface area (Å²) in [5.41, 5.74) is 4.82. The van der Waals surface area contributed by atoms with E-state index in [1.165, 1.54) is 121 Å². The molecule has 0 N–H and O–H groups in total. The Hall–Kier alpha value is -1.56. The van der Waals surface area contributed by atoms with Crippen LogP contribution < -0.4 is 0 Å². The zero-order chi connectivity index (χ0) is 25.0. The first-order chi connectivity index (χ1) is 17.1. The highest BCUT2D eigenvalue weighted by Crippen LogP contribution is 2.32. The van der Waals surface area contributed by atoms with Gasteiger partial charge in [0.15, 0.2) is 0 Å². The topological polar surface area (TPSA) is 0 Å². The second-order valence-corrected chi connectivity index (χ2v) is 11.6. The molecule has 2 aromatic rings. The van der Waals surface area contributed by atoms with Crippen molar-refractivity contribution < 1.29 is 0 Å². The second kappa shape index (κ2) is 18.7. The summed E-state index contributed by atoms with van der Waals surface area (Å²) in [6.07, 6.45) is 26.6. The van der Waals surface area contributed by atoms with Crippen molar-refractivity contribution >= 4 is 0 Å². The predicted octanol–water partition coefficient (Wildman–Crippen LogP) is 11.4. The SMILES string of the molecule is CCCCCCCCCCCCCCCCCCc1ccccc1C(C)(C)CCc1ccccc1. The van der Waals surface area contributed by atoms with Crippen LogP contribution in [0.1, 0.15) is 147 Å².